The molecule has 0 radical (unpaired) electrons. The van der Waals surface area contributed by atoms with Crippen molar-refractivity contribution in [2.24, 2.45) is 0 Å². The maximum absolute atomic E-state index is 12.3. The van der Waals surface area contributed by atoms with Gasteiger partial charge >= 0.3 is 0 Å². The standard InChI is InChI=1S/C28H32Cl2N4O4/c1-28(38,21-5-8-23(17-36)32-15-21)18-33-11-12-34(26(16-33)19-2-6-22(29)7-3-19)25-9-4-20(14-24(25)30)27(37)31-10-13-35/h2-9,14-15,26,35-36,38H,10-13,16-18H2,1H3,(H,31,37)/t26-,28+/m0/s1. The fraction of sp³-hybridized carbons (Fsp3) is 0.357. The van der Waals surface area contributed by atoms with Crippen molar-refractivity contribution in [3.05, 3.63) is 93.2 Å². The largest absolute Gasteiger partial charge is 0.395 e. The van der Waals surface area contributed by atoms with Crippen LogP contribution in [0.4, 0.5) is 5.69 Å². The first-order valence-electron chi connectivity index (χ1n) is 12.4. The van der Waals surface area contributed by atoms with Crippen molar-refractivity contribution in [2.45, 2.75) is 25.2 Å². The van der Waals surface area contributed by atoms with Gasteiger partial charge in [-0.3, -0.25) is 14.7 Å². The van der Waals surface area contributed by atoms with Crippen molar-refractivity contribution >= 4 is 34.8 Å². The van der Waals surface area contributed by atoms with Crippen LogP contribution in [0.25, 0.3) is 0 Å². The fourth-order valence-corrected chi connectivity index (χ4v) is 5.17. The number of carbonyl (C=O) groups excluding carboxylic acids is 1. The Bertz CT molecular complexity index is 1240. The third-order valence-electron chi connectivity index (χ3n) is 6.78. The van der Waals surface area contributed by atoms with Crippen LogP contribution in [0.3, 0.4) is 0 Å². The summed E-state index contributed by atoms with van der Waals surface area (Å²) in [5.41, 5.74) is 2.36. The van der Waals surface area contributed by atoms with E-state index in [1.165, 1.54) is 0 Å². The highest BCUT2D eigenvalue weighted by atomic mass is 35.5. The molecule has 2 atom stereocenters. The number of pyridine rings is 1. The number of carbonyl (C=O) groups is 1. The minimum atomic E-state index is -1.14. The number of nitrogens with zero attached hydrogens (tertiary/aromatic N) is 3. The highest BCUT2D eigenvalue weighted by molar-refractivity contribution is 6.33. The van der Waals surface area contributed by atoms with E-state index < -0.39 is 5.60 Å². The summed E-state index contributed by atoms with van der Waals surface area (Å²) in [6, 6.07) is 16.3. The van der Waals surface area contributed by atoms with Gasteiger partial charge in [0.15, 0.2) is 0 Å². The zero-order valence-electron chi connectivity index (χ0n) is 21.1. The van der Waals surface area contributed by atoms with Crippen LogP contribution in [0, 0.1) is 0 Å². The molecule has 2 heterocycles. The lowest BCUT2D eigenvalue weighted by Gasteiger charge is -2.45. The average molecular weight is 559 g/mol. The highest BCUT2D eigenvalue weighted by Crippen LogP contribution is 2.37. The second kappa shape index (κ2) is 12.4. The van der Waals surface area contributed by atoms with E-state index in [9.17, 15) is 15.0 Å². The number of rotatable bonds is 9. The highest BCUT2D eigenvalue weighted by Gasteiger charge is 2.34. The Kier molecular flexibility index (Phi) is 9.25. The lowest BCUT2D eigenvalue weighted by molar-refractivity contribution is 0.00997. The van der Waals surface area contributed by atoms with Crippen molar-refractivity contribution < 1.29 is 20.1 Å². The molecule has 2 aromatic carbocycles. The molecule has 4 rings (SSSR count). The second-order valence-corrected chi connectivity index (χ2v) is 10.5. The Morgan fingerprint density at radius 1 is 1.11 bits per heavy atom. The van der Waals surface area contributed by atoms with E-state index in [1.54, 1.807) is 37.4 Å². The van der Waals surface area contributed by atoms with Crippen LogP contribution >= 0.6 is 23.2 Å². The molecule has 0 bridgehead atoms. The summed E-state index contributed by atoms with van der Waals surface area (Å²) in [5, 5.41) is 33.3. The Balaban J connectivity index is 1.58. The molecule has 0 saturated carbocycles. The number of anilines is 1. The molecule has 3 aromatic rings. The molecule has 1 aliphatic rings. The lowest BCUT2D eigenvalue weighted by Crippen LogP contribution is -2.52. The van der Waals surface area contributed by atoms with Gasteiger partial charge in [0.2, 0.25) is 0 Å². The van der Waals surface area contributed by atoms with Crippen LogP contribution in [-0.2, 0) is 12.2 Å². The van der Waals surface area contributed by atoms with Crippen LogP contribution < -0.4 is 10.2 Å². The SMILES string of the molecule is C[C@@](O)(CN1CCN(c2ccc(C(=O)NCCO)cc2Cl)[C@H](c2ccc(Cl)cc2)C1)c1ccc(CO)nc1. The maximum atomic E-state index is 12.3. The van der Waals surface area contributed by atoms with Crippen LogP contribution in [0.5, 0.6) is 0 Å². The topological polar surface area (TPSA) is 109 Å². The van der Waals surface area contributed by atoms with Gasteiger partial charge in [-0.15, -0.1) is 0 Å². The Hall–Kier alpha value is -2.72. The maximum Gasteiger partial charge on any atom is 0.251 e. The van der Waals surface area contributed by atoms with Crippen LogP contribution in [0.1, 0.15) is 40.1 Å². The van der Waals surface area contributed by atoms with Crippen LogP contribution in [0.2, 0.25) is 10.0 Å². The van der Waals surface area contributed by atoms with Crippen LogP contribution in [0.15, 0.2) is 60.8 Å². The number of hydrogen-bond donors (Lipinski definition) is 4. The molecule has 38 heavy (non-hydrogen) atoms. The molecule has 1 fully saturated rings. The van der Waals surface area contributed by atoms with Crippen LogP contribution in [-0.4, -0.2) is 70.4 Å². The number of amides is 1. The van der Waals surface area contributed by atoms with E-state index in [4.69, 9.17) is 28.3 Å². The van der Waals surface area contributed by atoms with Gasteiger partial charge in [-0.05, 0) is 48.9 Å². The van der Waals surface area contributed by atoms with Gasteiger partial charge in [0.05, 0.1) is 35.7 Å². The molecule has 202 valence electrons. The van der Waals surface area contributed by atoms with Gasteiger partial charge in [0, 0.05) is 55.1 Å². The van der Waals surface area contributed by atoms with Gasteiger partial charge in [-0.25, -0.2) is 0 Å². The predicted molar refractivity (Wildman–Crippen MR) is 149 cm³/mol. The summed E-state index contributed by atoms with van der Waals surface area (Å²) in [6.45, 7) is 3.98. The number of aliphatic hydroxyl groups is 3. The van der Waals surface area contributed by atoms with E-state index in [2.05, 4.69) is 20.1 Å². The molecular formula is C28H32Cl2N4O4. The minimum Gasteiger partial charge on any atom is -0.395 e. The Morgan fingerprint density at radius 3 is 2.50 bits per heavy atom. The predicted octanol–water partition coefficient (Wildman–Crippen LogP) is 3.37. The molecule has 1 saturated heterocycles. The summed E-state index contributed by atoms with van der Waals surface area (Å²) in [7, 11) is 0. The quantitative estimate of drug-likeness (QED) is 0.318. The number of aliphatic hydroxyl groups excluding tert-OH is 2. The number of halogens is 2. The number of nitrogens with one attached hydrogen (secondary N) is 1. The van der Waals surface area contributed by atoms with Gasteiger partial charge in [-0.2, -0.15) is 0 Å². The summed E-state index contributed by atoms with van der Waals surface area (Å²) < 4.78 is 0. The molecule has 0 spiro atoms. The molecule has 1 aromatic heterocycles. The first-order chi connectivity index (χ1) is 18.2. The van der Waals surface area contributed by atoms with Crippen molar-refractivity contribution in [3.63, 3.8) is 0 Å². The third kappa shape index (κ3) is 6.64. The minimum absolute atomic E-state index is 0.0849. The lowest BCUT2D eigenvalue weighted by atomic mass is 9.94. The summed E-state index contributed by atoms with van der Waals surface area (Å²) >= 11 is 12.9. The van der Waals surface area contributed by atoms with E-state index in [0.29, 0.717) is 53.0 Å². The summed E-state index contributed by atoms with van der Waals surface area (Å²) in [4.78, 5) is 21.0. The molecule has 1 aliphatic heterocycles. The molecule has 10 heteroatoms. The number of aromatic nitrogens is 1. The van der Waals surface area contributed by atoms with Gasteiger partial charge in [-0.1, -0.05) is 41.4 Å². The monoisotopic (exact) mass is 558 g/mol. The van der Waals surface area contributed by atoms with Crippen molar-refractivity contribution in [3.8, 4) is 0 Å². The average Bonchev–Trinajstić information content (AvgIpc) is 2.92. The molecule has 0 unspecified atom stereocenters. The zero-order chi connectivity index (χ0) is 27.3. The van der Waals surface area contributed by atoms with Crippen molar-refractivity contribution in [1.82, 2.24) is 15.2 Å². The smallest absolute Gasteiger partial charge is 0.251 e. The zero-order valence-corrected chi connectivity index (χ0v) is 22.7. The number of benzene rings is 2. The van der Waals surface area contributed by atoms with Crippen molar-refractivity contribution in [1.29, 1.82) is 0 Å². The summed E-state index contributed by atoms with van der Waals surface area (Å²) in [5.74, 6) is -0.296. The molecule has 8 nitrogen and oxygen atoms in total. The second-order valence-electron chi connectivity index (χ2n) is 9.61. The number of piperazine rings is 1. The van der Waals surface area contributed by atoms with E-state index in [-0.39, 0.29) is 31.7 Å². The van der Waals surface area contributed by atoms with E-state index in [0.717, 1.165) is 11.3 Å². The van der Waals surface area contributed by atoms with E-state index in [1.807, 2.05) is 30.3 Å². The number of hydrogen-bond acceptors (Lipinski definition) is 7. The van der Waals surface area contributed by atoms with Gasteiger partial charge < -0.3 is 25.5 Å². The third-order valence-corrected chi connectivity index (χ3v) is 7.33. The summed E-state index contributed by atoms with van der Waals surface area (Å²) in [6.07, 6.45) is 1.61. The first kappa shape index (κ1) is 28.3. The van der Waals surface area contributed by atoms with E-state index >= 15 is 0 Å². The van der Waals surface area contributed by atoms with Crippen molar-refractivity contribution in [2.75, 3.05) is 44.2 Å². The molecular weight excluding hydrogens is 527 g/mol. The van der Waals surface area contributed by atoms with Gasteiger partial charge in [0.25, 0.3) is 5.91 Å². The molecule has 1 amide bonds. The fourth-order valence-electron chi connectivity index (χ4n) is 4.76. The van der Waals surface area contributed by atoms with Gasteiger partial charge in [0.1, 0.15) is 5.60 Å². The first-order valence-corrected chi connectivity index (χ1v) is 13.2. The Morgan fingerprint density at radius 2 is 1.87 bits per heavy atom. The Labute approximate surface area is 232 Å². The number of β-amino-alcohol motifs (C(OH)–C–C–N with tert-alkyl or cyclic N) is 1. The normalized spacial score (nSPS) is 17.7. The molecule has 4 N–H and O–H groups in total. The molecule has 0 aliphatic carbocycles.